The van der Waals surface area contributed by atoms with Crippen molar-refractivity contribution in [3.05, 3.63) is 72.8 Å². The van der Waals surface area contributed by atoms with Gasteiger partial charge in [-0.1, -0.05) is 23.8 Å². The molecule has 0 aliphatic heterocycles. The van der Waals surface area contributed by atoms with Gasteiger partial charge in [-0.2, -0.15) is 0 Å². The maximum atomic E-state index is 4.09. The molecule has 92 valence electrons. The molecule has 2 aromatic heterocycles. The summed E-state index contributed by atoms with van der Waals surface area (Å²) < 4.78 is 0. The fourth-order valence-electron chi connectivity index (χ4n) is 2.21. The highest BCUT2D eigenvalue weighted by molar-refractivity contribution is 5.83. The Bertz CT molecular complexity index is 676. The Morgan fingerprint density at radius 1 is 0.632 bits per heavy atom. The minimum absolute atomic E-state index is 1.18. The lowest BCUT2D eigenvalue weighted by Gasteiger charge is -2.11. The van der Waals surface area contributed by atoms with Crippen molar-refractivity contribution in [2.75, 3.05) is 0 Å². The van der Waals surface area contributed by atoms with Gasteiger partial charge in [-0.05, 0) is 53.4 Å². The summed E-state index contributed by atoms with van der Waals surface area (Å²) in [5.41, 5.74) is 6.07. The average molecular weight is 246 g/mol. The van der Waals surface area contributed by atoms with Crippen LogP contribution in [-0.4, -0.2) is 9.97 Å². The molecular formula is C17H14N2. The van der Waals surface area contributed by atoms with Gasteiger partial charge in [0.05, 0.1) is 0 Å². The third-order valence-electron chi connectivity index (χ3n) is 3.16. The van der Waals surface area contributed by atoms with E-state index in [1.165, 1.54) is 27.8 Å². The van der Waals surface area contributed by atoms with Gasteiger partial charge >= 0.3 is 0 Å². The minimum Gasteiger partial charge on any atom is -0.265 e. The van der Waals surface area contributed by atoms with Crippen LogP contribution in [0.5, 0.6) is 0 Å². The molecule has 0 radical (unpaired) electrons. The minimum atomic E-state index is 1.18. The second-order valence-electron chi connectivity index (χ2n) is 4.52. The second kappa shape index (κ2) is 5.02. The van der Waals surface area contributed by atoms with Crippen LogP contribution in [0.4, 0.5) is 0 Å². The SMILES string of the molecule is Cc1ccc(-c2ccncc2)c(-c2ccncc2)c1. The van der Waals surface area contributed by atoms with Gasteiger partial charge in [0.15, 0.2) is 0 Å². The molecule has 3 rings (SSSR count). The number of aryl methyl sites for hydroxylation is 1. The van der Waals surface area contributed by atoms with Crippen LogP contribution in [0, 0.1) is 6.92 Å². The fraction of sp³-hybridized carbons (Fsp3) is 0.0588. The van der Waals surface area contributed by atoms with E-state index < -0.39 is 0 Å². The maximum absolute atomic E-state index is 4.09. The Morgan fingerprint density at radius 2 is 1.16 bits per heavy atom. The fourth-order valence-corrected chi connectivity index (χ4v) is 2.21. The van der Waals surface area contributed by atoms with Crippen molar-refractivity contribution in [3.63, 3.8) is 0 Å². The molecule has 0 unspecified atom stereocenters. The van der Waals surface area contributed by atoms with Crippen molar-refractivity contribution in [1.29, 1.82) is 0 Å². The molecular weight excluding hydrogens is 232 g/mol. The predicted molar refractivity (Wildman–Crippen MR) is 77.6 cm³/mol. The number of hydrogen-bond acceptors (Lipinski definition) is 2. The largest absolute Gasteiger partial charge is 0.265 e. The standard InChI is InChI=1S/C17H14N2/c1-13-2-3-16(14-4-8-18-9-5-14)17(12-13)15-6-10-19-11-7-15/h2-12H,1H3. The molecule has 19 heavy (non-hydrogen) atoms. The summed E-state index contributed by atoms with van der Waals surface area (Å²) in [6.45, 7) is 2.11. The summed E-state index contributed by atoms with van der Waals surface area (Å²) >= 11 is 0. The van der Waals surface area contributed by atoms with Crippen molar-refractivity contribution in [1.82, 2.24) is 9.97 Å². The number of hydrogen-bond donors (Lipinski definition) is 0. The van der Waals surface area contributed by atoms with Crippen LogP contribution in [0.3, 0.4) is 0 Å². The third kappa shape index (κ3) is 2.38. The topological polar surface area (TPSA) is 25.8 Å². The first-order valence-electron chi connectivity index (χ1n) is 6.26. The van der Waals surface area contributed by atoms with Gasteiger partial charge in [0.2, 0.25) is 0 Å². The van der Waals surface area contributed by atoms with Gasteiger partial charge in [-0.15, -0.1) is 0 Å². The van der Waals surface area contributed by atoms with Crippen LogP contribution in [0.1, 0.15) is 5.56 Å². The van der Waals surface area contributed by atoms with E-state index in [4.69, 9.17) is 0 Å². The van der Waals surface area contributed by atoms with Crippen molar-refractivity contribution in [2.24, 2.45) is 0 Å². The van der Waals surface area contributed by atoms with Crippen molar-refractivity contribution < 1.29 is 0 Å². The first-order valence-corrected chi connectivity index (χ1v) is 6.26. The lowest BCUT2D eigenvalue weighted by Crippen LogP contribution is -1.87. The lowest BCUT2D eigenvalue weighted by atomic mass is 9.94. The van der Waals surface area contributed by atoms with Crippen LogP contribution in [0.25, 0.3) is 22.3 Å². The summed E-state index contributed by atoms with van der Waals surface area (Å²) in [5.74, 6) is 0. The van der Waals surface area contributed by atoms with Gasteiger partial charge in [0.1, 0.15) is 0 Å². The van der Waals surface area contributed by atoms with Crippen molar-refractivity contribution in [2.45, 2.75) is 6.92 Å². The molecule has 0 aliphatic rings. The first-order chi connectivity index (χ1) is 9.34. The Morgan fingerprint density at radius 3 is 1.74 bits per heavy atom. The number of nitrogens with zero attached hydrogens (tertiary/aromatic N) is 2. The molecule has 2 heterocycles. The average Bonchev–Trinajstić information content (AvgIpc) is 2.49. The highest BCUT2D eigenvalue weighted by Crippen LogP contribution is 2.32. The van der Waals surface area contributed by atoms with E-state index >= 15 is 0 Å². The van der Waals surface area contributed by atoms with Crippen LogP contribution in [0.2, 0.25) is 0 Å². The van der Waals surface area contributed by atoms with Crippen LogP contribution in [0.15, 0.2) is 67.3 Å². The van der Waals surface area contributed by atoms with E-state index in [1.807, 2.05) is 49.1 Å². The van der Waals surface area contributed by atoms with E-state index in [0.717, 1.165) is 0 Å². The molecule has 0 atom stereocenters. The smallest absolute Gasteiger partial charge is 0.0273 e. The van der Waals surface area contributed by atoms with E-state index in [1.54, 1.807) is 0 Å². The van der Waals surface area contributed by atoms with Crippen molar-refractivity contribution >= 4 is 0 Å². The van der Waals surface area contributed by atoms with Crippen LogP contribution >= 0.6 is 0 Å². The molecule has 0 saturated heterocycles. The monoisotopic (exact) mass is 246 g/mol. The molecule has 0 spiro atoms. The van der Waals surface area contributed by atoms with E-state index in [2.05, 4.69) is 35.1 Å². The Kier molecular flexibility index (Phi) is 3.07. The first kappa shape index (κ1) is 11.6. The summed E-state index contributed by atoms with van der Waals surface area (Å²) in [7, 11) is 0. The normalized spacial score (nSPS) is 10.4. The van der Waals surface area contributed by atoms with E-state index in [0.29, 0.717) is 0 Å². The summed E-state index contributed by atoms with van der Waals surface area (Å²) in [6.07, 6.45) is 7.30. The maximum Gasteiger partial charge on any atom is 0.0273 e. The predicted octanol–water partition coefficient (Wildman–Crippen LogP) is 4.12. The molecule has 3 aromatic rings. The number of rotatable bonds is 2. The van der Waals surface area contributed by atoms with Gasteiger partial charge in [-0.3, -0.25) is 9.97 Å². The van der Waals surface area contributed by atoms with E-state index in [9.17, 15) is 0 Å². The van der Waals surface area contributed by atoms with Crippen LogP contribution < -0.4 is 0 Å². The van der Waals surface area contributed by atoms with Gasteiger partial charge in [0.25, 0.3) is 0 Å². The van der Waals surface area contributed by atoms with Gasteiger partial charge in [-0.25, -0.2) is 0 Å². The Balaban J connectivity index is 2.21. The highest BCUT2D eigenvalue weighted by atomic mass is 14.6. The molecule has 0 saturated carbocycles. The molecule has 0 bridgehead atoms. The Hall–Kier alpha value is -2.48. The molecule has 0 fully saturated rings. The molecule has 0 aliphatic carbocycles. The zero-order valence-electron chi connectivity index (χ0n) is 10.7. The van der Waals surface area contributed by atoms with Gasteiger partial charge < -0.3 is 0 Å². The molecule has 2 nitrogen and oxygen atoms in total. The zero-order chi connectivity index (χ0) is 13.1. The number of benzene rings is 1. The third-order valence-corrected chi connectivity index (χ3v) is 3.16. The zero-order valence-corrected chi connectivity index (χ0v) is 10.7. The molecule has 1 aromatic carbocycles. The van der Waals surface area contributed by atoms with E-state index in [-0.39, 0.29) is 0 Å². The summed E-state index contributed by atoms with van der Waals surface area (Å²) in [5, 5.41) is 0. The molecule has 2 heteroatoms. The molecule has 0 N–H and O–H groups in total. The van der Waals surface area contributed by atoms with Crippen molar-refractivity contribution in [3.8, 4) is 22.3 Å². The Labute approximate surface area is 112 Å². The summed E-state index contributed by atoms with van der Waals surface area (Å²) in [4.78, 5) is 8.17. The number of pyridine rings is 2. The highest BCUT2D eigenvalue weighted by Gasteiger charge is 2.07. The van der Waals surface area contributed by atoms with Gasteiger partial charge in [0, 0.05) is 24.8 Å². The lowest BCUT2D eigenvalue weighted by molar-refractivity contribution is 1.32. The number of aromatic nitrogens is 2. The summed E-state index contributed by atoms with van der Waals surface area (Å²) in [6, 6.07) is 14.7. The second-order valence-corrected chi connectivity index (χ2v) is 4.52. The molecule has 0 amide bonds. The van der Waals surface area contributed by atoms with Crippen LogP contribution in [-0.2, 0) is 0 Å². The quantitative estimate of drug-likeness (QED) is 0.679.